The predicted molar refractivity (Wildman–Crippen MR) is 122 cm³/mol. The van der Waals surface area contributed by atoms with Crippen molar-refractivity contribution >= 4 is 23.2 Å². The van der Waals surface area contributed by atoms with Crippen LogP contribution in [0.1, 0.15) is 18.9 Å². The van der Waals surface area contributed by atoms with Gasteiger partial charge >= 0.3 is 0 Å². The molecule has 2 N–H and O–H groups in total. The molecule has 1 aromatic carbocycles. The summed E-state index contributed by atoms with van der Waals surface area (Å²) in [4.78, 5) is 11.4. The highest BCUT2D eigenvalue weighted by molar-refractivity contribution is 6.30. The van der Waals surface area contributed by atoms with E-state index in [4.69, 9.17) is 26.1 Å². The average Bonchev–Trinajstić information content (AvgIpc) is 3.22. The van der Waals surface area contributed by atoms with E-state index in [2.05, 4.69) is 33.5 Å². The number of halogens is 1. The van der Waals surface area contributed by atoms with Crippen LogP contribution in [0.15, 0.2) is 47.6 Å². The Bertz CT molecular complexity index is 815. The van der Waals surface area contributed by atoms with Crippen molar-refractivity contribution in [2.45, 2.75) is 25.9 Å². The third-order valence-electron chi connectivity index (χ3n) is 4.80. The van der Waals surface area contributed by atoms with Gasteiger partial charge in [0.2, 0.25) is 5.88 Å². The summed E-state index contributed by atoms with van der Waals surface area (Å²) < 4.78 is 10.5. The van der Waals surface area contributed by atoms with Crippen LogP contribution in [0.5, 0.6) is 5.88 Å². The summed E-state index contributed by atoms with van der Waals surface area (Å²) in [7, 11) is 1.65. The predicted octanol–water partition coefficient (Wildman–Crippen LogP) is 3.09. The lowest BCUT2D eigenvalue weighted by Crippen LogP contribution is -2.44. The molecule has 0 spiro atoms. The number of pyridine rings is 1. The van der Waals surface area contributed by atoms with Gasteiger partial charge in [-0.05, 0) is 37.1 Å². The minimum atomic E-state index is 0.330. The van der Waals surface area contributed by atoms with Crippen LogP contribution in [0.2, 0.25) is 5.02 Å². The number of guanidine groups is 1. The number of hydrogen-bond acceptors (Lipinski definition) is 5. The molecular formula is C22H30ClN5O2. The molecule has 1 aromatic heterocycles. The Kier molecular flexibility index (Phi) is 8.59. The number of nitrogens with zero attached hydrogens (tertiary/aromatic N) is 3. The first-order chi connectivity index (χ1) is 14.7. The van der Waals surface area contributed by atoms with Gasteiger partial charge in [0.15, 0.2) is 5.96 Å². The van der Waals surface area contributed by atoms with Crippen molar-refractivity contribution < 1.29 is 9.47 Å². The van der Waals surface area contributed by atoms with Crippen molar-refractivity contribution in [2.24, 2.45) is 4.99 Å². The first kappa shape index (κ1) is 22.2. The number of rotatable bonds is 9. The zero-order valence-electron chi connectivity index (χ0n) is 17.6. The van der Waals surface area contributed by atoms with Crippen LogP contribution in [0.25, 0.3) is 0 Å². The Balaban J connectivity index is 1.53. The van der Waals surface area contributed by atoms with E-state index in [0.29, 0.717) is 31.7 Å². The van der Waals surface area contributed by atoms with Crippen molar-refractivity contribution in [1.29, 1.82) is 0 Å². The lowest BCUT2D eigenvalue weighted by atomic mass is 10.2. The molecule has 1 unspecified atom stereocenters. The molecule has 30 heavy (non-hydrogen) atoms. The van der Waals surface area contributed by atoms with Gasteiger partial charge in [0.05, 0.1) is 13.2 Å². The van der Waals surface area contributed by atoms with Gasteiger partial charge in [-0.25, -0.2) is 9.98 Å². The lowest BCUT2D eigenvalue weighted by molar-refractivity contribution is 0.143. The fourth-order valence-electron chi connectivity index (χ4n) is 3.29. The Labute approximate surface area is 183 Å². The fraction of sp³-hybridized carbons (Fsp3) is 0.455. The molecule has 8 heteroatoms. The van der Waals surface area contributed by atoms with Crippen molar-refractivity contribution in [2.75, 3.05) is 44.9 Å². The summed E-state index contributed by atoms with van der Waals surface area (Å²) in [6.07, 6.45) is 2.84. The summed E-state index contributed by atoms with van der Waals surface area (Å²) in [6.45, 7) is 6.36. The summed E-state index contributed by atoms with van der Waals surface area (Å²) >= 11 is 6.14. The number of hydrogen-bond donors (Lipinski definition) is 2. The Morgan fingerprint density at radius 3 is 2.93 bits per heavy atom. The second-order valence-electron chi connectivity index (χ2n) is 7.10. The highest BCUT2D eigenvalue weighted by Gasteiger charge is 2.23. The molecule has 1 aliphatic rings. The maximum atomic E-state index is 6.14. The van der Waals surface area contributed by atoms with Crippen LogP contribution in [0.3, 0.4) is 0 Å². The summed E-state index contributed by atoms with van der Waals surface area (Å²) in [5.74, 6) is 1.41. The minimum Gasteiger partial charge on any atom is -0.475 e. The second-order valence-corrected chi connectivity index (χ2v) is 7.53. The van der Waals surface area contributed by atoms with Crippen LogP contribution < -0.4 is 20.3 Å². The molecule has 1 aliphatic heterocycles. The molecule has 3 rings (SSSR count). The van der Waals surface area contributed by atoms with Crippen LogP contribution in [-0.2, 0) is 11.3 Å². The van der Waals surface area contributed by atoms with Gasteiger partial charge in [0, 0.05) is 55.8 Å². The van der Waals surface area contributed by atoms with E-state index in [0.717, 1.165) is 48.3 Å². The Morgan fingerprint density at radius 1 is 1.30 bits per heavy atom. The van der Waals surface area contributed by atoms with Gasteiger partial charge in [-0.15, -0.1) is 0 Å². The summed E-state index contributed by atoms with van der Waals surface area (Å²) in [5, 5.41) is 7.65. The largest absolute Gasteiger partial charge is 0.475 e. The molecule has 0 saturated carbocycles. The lowest BCUT2D eigenvalue weighted by Gasteiger charge is -2.20. The van der Waals surface area contributed by atoms with Crippen molar-refractivity contribution in [3.8, 4) is 5.88 Å². The quantitative estimate of drug-likeness (QED) is 0.361. The van der Waals surface area contributed by atoms with E-state index in [9.17, 15) is 0 Å². The van der Waals surface area contributed by atoms with Crippen LogP contribution in [0, 0.1) is 0 Å². The Morgan fingerprint density at radius 2 is 2.20 bits per heavy atom. The first-order valence-corrected chi connectivity index (χ1v) is 10.7. The van der Waals surface area contributed by atoms with Crippen LogP contribution >= 0.6 is 11.6 Å². The molecule has 1 atom stereocenters. The SMILES string of the molecule is CCNC(=NCc1ccc(OCCOC)nc1)NC1CCN(c2cccc(Cl)c2)C1. The van der Waals surface area contributed by atoms with E-state index in [-0.39, 0.29) is 0 Å². The highest BCUT2D eigenvalue weighted by atomic mass is 35.5. The average molecular weight is 432 g/mol. The van der Waals surface area contributed by atoms with Crippen LogP contribution in [0.4, 0.5) is 5.69 Å². The molecule has 1 saturated heterocycles. The van der Waals surface area contributed by atoms with Gasteiger partial charge < -0.3 is 25.0 Å². The van der Waals surface area contributed by atoms with Gasteiger partial charge in [0.25, 0.3) is 0 Å². The highest BCUT2D eigenvalue weighted by Crippen LogP contribution is 2.23. The monoisotopic (exact) mass is 431 g/mol. The molecule has 162 valence electrons. The molecular weight excluding hydrogens is 402 g/mol. The third-order valence-corrected chi connectivity index (χ3v) is 5.04. The maximum absolute atomic E-state index is 6.14. The number of anilines is 1. The first-order valence-electron chi connectivity index (χ1n) is 10.3. The molecule has 2 heterocycles. The van der Waals surface area contributed by atoms with Crippen molar-refractivity contribution in [1.82, 2.24) is 15.6 Å². The van der Waals surface area contributed by atoms with E-state index in [1.165, 1.54) is 0 Å². The molecule has 0 radical (unpaired) electrons. The molecule has 7 nitrogen and oxygen atoms in total. The Hall–Kier alpha value is -2.51. The minimum absolute atomic E-state index is 0.330. The number of aromatic nitrogens is 1. The fourth-order valence-corrected chi connectivity index (χ4v) is 3.47. The zero-order chi connectivity index (χ0) is 21.2. The maximum Gasteiger partial charge on any atom is 0.213 e. The topological polar surface area (TPSA) is 71.0 Å². The zero-order valence-corrected chi connectivity index (χ0v) is 18.4. The van der Waals surface area contributed by atoms with Gasteiger partial charge in [-0.1, -0.05) is 23.7 Å². The molecule has 0 amide bonds. The molecule has 1 fully saturated rings. The number of aliphatic imine (C=N–C) groups is 1. The number of nitrogens with one attached hydrogen (secondary N) is 2. The number of methoxy groups -OCH3 is 1. The molecule has 0 bridgehead atoms. The summed E-state index contributed by atoms with van der Waals surface area (Å²) in [6, 6.07) is 12.2. The van der Waals surface area contributed by atoms with Gasteiger partial charge in [-0.2, -0.15) is 0 Å². The smallest absolute Gasteiger partial charge is 0.213 e. The second kappa shape index (κ2) is 11.6. The van der Waals surface area contributed by atoms with Crippen molar-refractivity contribution in [3.63, 3.8) is 0 Å². The van der Waals surface area contributed by atoms with Crippen molar-refractivity contribution in [3.05, 3.63) is 53.2 Å². The normalized spacial score (nSPS) is 16.6. The van der Waals surface area contributed by atoms with E-state index in [1.54, 1.807) is 13.3 Å². The van der Waals surface area contributed by atoms with Gasteiger partial charge in [0.1, 0.15) is 6.61 Å². The number of ether oxygens (including phenoxy) is 2. The van der Waals surface area contributed by atoms with E-state index >= 15 is 0 Å². The molecule has 0 aliphatic carbocycles. The summed E-state index contributed by atoms with van der Waals surface area (Å²) in [5.41, 5.74) is 2.19. The van der Waals surface area contributed by atoms with Crippen LogP contribution in [-0.4, -0.2) is 56.9 Å². The third kappa shape index (κ3) is 6.78. The van der Waals surface area contributed by atoms with Gasteiger partial charge in [-0.3, -0.25) is 0 Å². The number of benzene rings is 1. The standard InChI is InChI=1S/C22H30ClN5O2/c1-3-24-22(26-15-17-7-8-21(25-14-17)30-12-11-29-2)27-19-9-10-28(16-19)20-6-4-5-18(23)13-20/h4-8,13-14,19H,3,9-12,15-16H2,1-2H3,(H2,24,26,27). The molecule has 2 aromatic rings. The van der Waals surface area contributed by atoms with E-state index < -0.39 is 0 Å². The van der Waals surface area contributed by atoms with E-state index in [1.807, 2.05) is 30.3 Å².